The van der Waals surface area contributed by atoms with Crippen molar-refractivity contribution in [1.82, 2.24) is 4.90 Å². The van der Waals surface area contributed by atoms with Crippen molar-refractivity contribution in [3.63, 3.8) is 0 Å². The minimum Gasteiger partial charge on any atom is -0.481 e. The molecule has 1 fully saturated rings. The largest absolute Gasteiger partial charge is 0.481 e. The Morgan fingerprint density at radius 2 is 2.20 bits per heavy atom. The number of aliphatic carboxylic acids is 1. The molecule has 0 aliphatic carbocycles. The second kappa shape index (κ2) is 5.47. The minimum atomic E-state index is -0.929. The fourth-order valence-electron chi connectivity index (χ4n) is 2.14. The van der Waals surface area contributed by atoms with Gasteiger partial charge in [0.2, 0.25) is 0 Å². The third-order valence-corrected chi connectivity index (χ3v) is 3.13. The molecule has 1 saturated heterocycles. The fraction of sp³-hybridized carbons (Fsp3) is 0.909. The van der Waals surface area contributed by atoms with Crippen LogP contribution in [0.25, 0.3) is 0 Å². The van der Waals surface area contributed by atoms with E-state index in [4.69, 9.17) is 5.11 Å². The van der Waals surface area contributed by atoms with Gasteiger partial charge in [-0.25, -0.2) is 0 Å². The van der Waals surface area contributed by atoms with Gasteiger partial charge in [0, 0.05) is 13.1 Å². The van der Waals surface area contributed by atoms with Gasteiger partial charge < -0.3 is 15.1 Å². The van der Waals surface area contributed by atoms with Gasteiger partial charge in [-0.15, -0.1) is 0 Å². The van der Waals surface area contributed by atoms with Crippen LogP contribution in [-0.4, -0.2) is 46.8 Å². The van der Waals surface area contributed by atoms with E-state index in [0.29, 0.717) is 18.4 Å². The smallest absolute Gasteiger partial charge is 0.306 e. The fourth-order valence-corrected chi connectivity index (χ4v) is 2.14. The van der Waals surface area contributed by atoms with E-state index in [9.17, 15) is 9.90 Å². The molecule has 2 N–H and O–H groups in total. The van der Waals surface area contributed by atoms with E-state index in [1.54, 1.807) is 0 Å². The third kappa shape index (κ3) is 4.18. The van der Waals surface area contributed by atoms with Crippen LogP contribution in [0.15, 0.2) is 0 Å². The highest BCUT2D eigenvalue weighted by molar-refractivity contribution is 5.67. The van der Waals surface area contributed by atoms with E-state index in [0.717, 1.165) is 19.5 Å². The summed E-state index contributed by atoms with van der Waals surface area (Å²) in [6.45, 7) is 6.90. The first kappa shape index (κ1) is 12.5. The molecule has 1 heterocycles. The third-order valence-electron chi connectivity index (χ3n) is 3.13. The van der Waals surface area contributed by atoms with E-state index in [2.05, 4.69) is 18.7 Å². The number of likely N-dealkylation sites (tertiary alicyclic amines) is 1. The van der Waals surface area contributed by atoms with Crippen LogP contribution in [0.3, 0.4) is 0 Å². The summed E-state index contributed by atoms with van der Waals surface area (Å²) < 4.78 is 0. The van der Waals surface area contributed by atoms with Gasteiger partial charge in [-0.05, 0) is 24.8 Å². The van der Waals surface area contributed by atoms with E-state index in [1.807, 2.05) is 0 Å². The molecule has 0 aromatic carbocycles. The Labute approximate surface area is 90.9 Å². The van der Waals surface area contributed by atoms with Gasteiger partial charge in [-0.2, -0.15) is 0 Å². The lowest BCUT2D eigenvalue weighted by Gasteiger charge is -2.20. The van der Waals surface area contributed by atoms with Crippen LogP contribution in [0.5, 0.6) is 0 Å². The average Bonchev–Trinajstić information content (AvgIpc) is 2.50. The van der Waals surface area contributed by atoms with Crippen molar-refractivity contribution in [3.8, 4) is 0 Å². The highest BCUT2D eigenvalue weighted by atomic mass is 16.4. The van der Waals surface area contributed by atoms with Crippen LogP contribution in [0.2, 0.25) is 0 Å². The maximum Gasteiger partial charge on any atom is 0.306 e. The van der Waals surface area contributed by atoms with Gasteiger partial charge in [0.15, 0.2) is 0 Å². The zero-order valence-electron chi connectivity index (χ0n) is 9.52. The monoisotopic (exact) mass is 215 g/mol. The molecule has 0 saturated carbocycles. The predicted octanol–water partition coefficient (Wildman–Crippen LogP) is 0.800. The Balaban J connectivity index is 2.26. The van der Waals surface area contributed by atoms with Crippen LogP contribution in [-0.2, 0) is 4.79 Å². The molecule has 0 aromatic heterocycles. The first-order valence-electron chi connectivity index (χ1n) is 5.61. The molecule has 2 unspecified atom stereocenters. The summed E-state index contributed by atoms with van der Waals surface area (Å²) in [5, 5.41) is 18.0. The molecule has 15 heavy (non-hydrogen) atoms. The summed E-state index contributed by atoms with van der Waals surface area (Å²) >= 11 is 0. The average molecular weight is 215 g/mol. The number of aliphatic hydroxyl groups is 1. The Kier molecular flexibility index (Phi) is 4.54. The van der Waals surface area contributed by atoms with Gasteiger partial charge in [0.1, 0.15) is 0 Å². The number of carboxylic acids is 1. The molecular formula is C11H21NO3. The number of carboxylic acid groups (broad SMARTS) is 1. The Morgan fingerprint density at radius 3 is 2.67 bits per heavy atom. The summed E-state index contributed by atoms with van der Waals surface area (Å²) in [6, 6.07) is 0. The maximum absolute atomic E-state index is 10.4. The van der Waals surface area contributed by atoms with E-state index >= 15 is 0 Å². The number of rotatable bonds is 5. The molecule has 0 radical (unpaired) electrons. The van der Waals surface area contributed by atoms with Crippen molar-refractivity contribution in [3.05, 3.63) is 0 Å². The van der Waals surface area contributed by atoms with Gasteiger partial charge in [0.05, 0.1) is 12.5 Å². The predicted molar refractivity (Wildman–Crippen MR) is 57.6 cm³/mol. The SMILES string of the molecule is CC(C)C1CCN(CC(O)CC(=O)O)C1. The van der Waals surface area contributed by atoms with Gasteiger partial charge in [0.25, 0.3) is 0 Å². The van der Waals surface area contributed by atoms with Crippen molar-refractivity contribution in [2.45, 2.75) is 32.8 Å². The zero-order chi connectivity index (χ0) is 11.4. The molecular weight excluding hydrogens is 194 g/mol. The molecule has 1 rings (SSSR count). The summed E-state index contributed by atoms with van der Waals surface area (Å²) in [7, 11) is 0. The Morgan fingerprint density at radius 1 is 1.53 bits per heavy atom. The van der Waals surface area contributed by atoms with Crippen molar-refractivity contribution in [1.29, 1.82) is 0 Å². The van der Waals surface area contributed by atoms with Crippen LogP contribution in [0.1, 0.15) is 26.7 Å². The molecule has 0 amide bonds. The molecule has 0 aromatic rings. The van der Waals surface area contributed by atoms with Gasteiger partial charge in [-0.3, -0.25) is 4.79 Å². The summed E-state index contributed by atoms with van der Waals surface area (Å²) in [6.07, 6.45) is 0.286. The lowest BCUT2D eigenvalue weighted by molar-refractivity contribution is -0.139. The van der Waals surface area contributed by atoms with E-state index in [1.165, 1.54) is 0 Å². The first-order chi connectivity index (χ1) is 6.99. The van der Waals surface area contributed by atoms with Crippen molar-refractivity contribution in [2.24, 2.45) is 11.8 Å². The molecule has 4 heteroatoms. The number of aliphatic hydroxyl groups excluding tert-OH is 1. The van der Waals surface area contributed by atoms with Crippen LogP contribution in [0.4, 0.5) is 0 Å². The van der Waals surface area contributed by atoms with Gasteiger partial charge in [-0.1, -0.05) is 13.8 Å². The van der Waals surface area contributed by atoms with Gasteiger partial charge >= 0.3 is 5.97 Å². The van der Waals surface area contributed by atoms with Crippen molar-refractivity contribution in [2.75, 3.05) is 19.6 Å². The quantitative estimate of drug-likeness (QED) is 0.712. The Hall–Kier alpha value is -0.610. The lowest BCUT2D eigenvalue weighted by atomic mass is 9.95. The molecule has 1 aliphatic rings. The maximum atomic E-state index is 10.4. The number of carbonyl (C=O) groups is 1. The van der Waals surface area contributed by atoms with E-state index in [-0.39, 0.29) is 6.42 Å². The lowest BCUT2D eigenvalue weighted by Crippen LogP contribution is -2.32. The van der Waals surface area contributed by atoms with Crippen LogP contribution >= 0.6 is 0 Å². The molecule has 0 spiro atoms. The Bertz CT molecular complexity index is 218. The summed E-state index contributed by atoms with van der Waals surface area (Å²) in [5.41, 5.74) is 0. The van der Waals surface area contributed by atoms with Crippen LogP contribution < -0.4 is 0 Å². The first-order valence-corrected chi connectivity index (χ1v) is 5.61. The normalized spacial score (nSPS) is 24.7. The molecule has 1 aliphatic heterocycles. The highest BCUT2D eigenvalue weighted by Gasteiger charge is 2.26. The molecule has 0 bridgehead atoms. The zero-order valence-corrected chi connectivity index (χ0v) is 9.52. The number of β-amino-alcohol motifs (C(OH)–C–C–N with tert-alkyl or cyclic N) is 1. The number of nitrogens with zero attached hydrogens (tertiary/aromatic N) is 1. The number of hydrogen-bond acceptors (Lipinski definition) is 3. The van der Waals surface area contributed by atoms with Crippen LogP contribution in [0, 0.1) is 11.8 Å². The highest BCUT2D eigenvalue weighted by Crippen LogP contribution is 2.23. The second-order valence-electron chi connectivity index (χ2n) is 4.80. The summed E-state index contributed by atoms with van der Waals surface area (Å²) in [4.78, 5) is 12.5. The molecule has 2 atom stereocenters. The molecule has 88 valence electrons. The summed E-state index contributed by atoms with van der Waals surface area (Å²) in [5.74, 6) is 0.441. The van der Waals surface area contributed by atoms with E-state index < -0.39 is 12.1 Å². The van der Waals surface area contributed by atoms with Crippen molar-refractivity contribution < 1.29 is 15.0 Å². The molecule has 4 nitrogen and oxygen atoms in total. The second-order valence-corrected chi connectivity index (χ2v) is 4.80. The minimum absolute atomic E-state index is 0.150. The van der Waals surface area contributed by atoms with Crippen molar-refractivity contribution >= 4 is 5.97 Å². The number of hydrogen-bond donors (Lipinski definition) is 2. The standard InChI is InChI=1S/C11H21NO3/c1-8(2)9-3-4-12(6-9)7-10(13)5-11(14)15/h8-10,13H,3-7H2,1-2H3,(H,14,15). The topological polar surface area (TPSA) is 60.8 Å².